The van der Waals surface area contributed by atoms with Crippen molar-refractivity contribution in [3.05, 3.63) is 43.4 Å². The lowest BCUT2D eigenvalue weighted by Gasteiger charge is -2.27. The van der Waals surface area contributed by atoms with Crippen LogP contribution >= 0.6 is 0 Å². The summed E-state index contributed by atoms with van der Waals surface area (Å²) >= 11 is 0. The highest BCUT2D eigenvalue weighted by molar-refractivity contribution is 5.73. The van der Waals surface area contributed by atoms with E-state index in [1.165, 1.54) is 0 Å². The molecular weight excluding hydrogens is 344 g/mol. The van der Waals surface area contributed by atoms with Gasteiger partial charge in [-0.3, -0.25) is 9.50 Å². The molecule has 5 heterocycles. The summed E-state index contributed by atoms with van der Waals surface area (Å²) < 4.78 is 1.97. The van der Waals surface area contributed by atoms with Crippen LogP contribution in [0.4, 0.5) is 17.5 Å². The van der Waals surface area contributed by atoms with Crippen molar-refractivity contribution >= 4 is 23.1 Å². The average Bonchev–Trinajstić information content (AvgIpc) is 3.42. The van der Waals surface area contributed by atoms with Crippen molar-refractivity contribution in [1.82, 2.24) is 39.9 Å². The maximum atomic E-state index is 4.53. The Hall–Kier alpha value is -3.53. The topological polar surface area (TPSA) is 112 Å². The predicted octanol–water partition coefficient (Wildman–Crippen LogP) is 1.06. The van der Waals surface area contributed by atoms with Crippen LogP contribution < -0.4 is 15.5 Å². The van der Waals surface area contributed by atoms with Gasteiger partial charge in [0.15, 0.2) is 11.5 Å². The number of fused-ring (bicyclic) bond motifs is 1. The molecule has 0 spiro atoms. The zero-order valence-electron chi connectivity index (χ0n) is 14.5. The molecule has 0 saturated carbocycles. The first-order chi connectivity index (χ1) is 13.4. The van der Waals surface area contributed by atoms with E-state index in [4.69, 9.17) is 0 Å². The Morgan fingerprint density at radius 3 is 2.59 bits per heavy atom. The number of piperazine rings is 1. The molecule has 27 heavy (non-hydrogen) atoms. The highest BCUT2D eigenvalue weighted by Crippen LogP contribution is 2.24. The van der Waals surface area contributed by atoms with Crippen molar-refractivity contribution in [2.45, 2.75) is 0 Å². The Morgan fingerprint density at radius 1 is 0.963 bits per heavy atom. The van der Waals surface area contributed by atoms with Crippen LogP contribution in [0, 0.1) is 0 Å². The Bertz CT molecular complexity index is 1030. The normalized spacial score (nSPS) is 14.6. The van der Waals surface area contributed by atoms with E-state index in [1.54, 1.807) is 31.0 Å². The molecule has 10 heteroatoms. The summed E-state index contributed by atoms with van der Waals surface area (Å²) in [7, 11) is 0. The molecule has 136 valence electrons. The number of nitrogens with zero attached hydrogens (tertiary/aromatic N) is 7. The van der Waals surface area contributed by atoms with E-state index in [2.05, 4.69) is 45.7 Å². The van der Waals surface area contributed by atoms with Crippen LogP contribution in [0.5, 0.6) is 0 Å². The third-order valence-electron chi connectivity index (χ3n) is 4.52. The quantitative estimate of drug-likeness (QED) is 0.494. The minimum atomic E-state index is 0.644. The third-order valence-corrected chi connectivity index (χ3v) is 4.52. The summed E-state index contributed by atoms with van der Waals surface area (Å²) in [6.07, 6.45) is 12.6. The highest BCUT2D eigenvalue weighted by Gasteiger charge is 2.14. The summed E-state index contributed by atoms with van der Waals surface area (Å²) in [5.41, 5.74) is 3.34. The van der Waals surface area contributed by atoms with Crippen LogP contribution in [0.1, 0.15) is 0 Å². The van der Waals surface area contributed by atoms with Crippen LogP contribution in [0.3, 0.4) is 0 Å². The van der Waals surface area contributed by atoms with Gasteiger partial charge in [0.25, 0.3) is 0 Å². The fourth-order valence-corrected chi connectivity index (χ4v) is 3.16. The average molecular weight is 362 g/mol. The Labute approximate surface area is 154 Å². The molecule has 3 N–H and O–H groups in total. The van der Waals surface area contributed by atoms with E-state index in [0.29, 0.717) is 5.82 Å². The summed E-state index contributed by atoms with van der Waals surface area (Å²) in [6, 6.07) is 0. The van der Waals surface area contributed by atoms with Gasteiger partial charge in [-0.25, -0.2) is 19.9 Å². The molecule has 0 atom stereocenters. The number of nitrogens with one attached hydrogen (secondary N) is 3. The number of hydrogen-bond donors (Lipinski definition) is 3. The smallest absolute Gasteiger partial charge is 0.225 e. The van der Waals surface area contributed by atoms with Crippen molar-refractivity contribution in [3.8, 4) is 11.3 Å². The molecule has 5 rings (SSSR count). The molecule has 1 saturated heterocycles. The van der Waals surface area contributed by atoms with Crippen molar-refractivity contribution < 1.29 is 0 Å². The van der Waals surface area contributed by atoms with Gasteiger partial charge >= 0.3 is 0 Å². The largest absolute Gasteiger partial charge is 0.338 e. The second kappa shape index (κ2) is 6.65. The lowest BCUT2D eigenvalue weighted by atomic mass is 10.2. The zero-order chi connectivity index (χ0) is 18.1. The number of hydrogen-bond acceptors (Lipinski definition) is 8. The van der Waals surface area contributed by atoms with E-state index < -0.39 is 0 Å². The summed E-state index contributed by atoms with van der Waals surface area (Å²) in [4.78, 5) is 20.1. The molecule has 0 bridgehead atoms. The van der Waals surface area contributed by atoms with Gasteiger partial charge in [-0.05, 0) is 0 Å². The first-order valence-corrected chi connectivity index (χ1v) is 8.74. The fourth-order valence-electron chi connectivity index (χ4n) is 3.16. The van der Waals surface area contributed by atoms with E-state index in [1.807, 2.05) is 16.8 Å². The van der Waals surface area contributed by atoms with Crippen molar-refractivity contribution in [3.63, 3.8) is 0 Å². The molecular formula is C17H18N10. The maximum absolute atomic E-state index is 4.53. The second-order valence-corrected chi connectivity index (χ2v) is 6.23. The number of imidazole rings is 1. The van der Waals surface area contributed by atoms with Gasteiger partial charge in [0.2, 0.25) is 5.95 Å². The molecule has 10 nitrogen and oxygen atoms in total. The van der Waals surface area contributed by atoms with E-state index >= 15 is 0 Å². The third kappa shape index (κ3) is 2.95. The summed E-state index contributed by atoms with van der Waals surface area (Å²) in [5.74, 6) is 1.39. The molecule has 4 aromatic heterocycles. The minimum Gasteiger partial charge on any atom is -0.338 e. The lowest BCUT2D eigenvalue weighted by molar-refractivity contribution is 0.580. The first-order valence-electron chi connectivity index (χ1n) is 8.74. The summed E-state index contributed by atoms with van der Waals surface area (Å²) in [5, 5.41) is 13.4. The number of rotatable bonds is 4. The van der Waals surface area contributed by atoms with Gasteiger partial charge in [-0.15, -0.1) is 0 Å². The van der Waals surface area contributed by atoms with Crippen molar-refractivity contribution in [2.24, 2.45) is 0 Å². The van der Waals surface area contributed by atoms with Crippen LogP contribution in [0.25, 0.3) is 16.9 Å². The first kappa shape index (κ1) is 15.7. The van der Waals surface area contributed by atoms with Crippen LogP contribution in [-0.2, 0) is 0 Å². The number of aromatic nitrogens is 7. The monoisotopic (exact) mass is 362 g/mol. The SMILES string of the molecule is c1cn2c(-c3cn[nH]c3)cnc(Nc3cnc(N4CCNCC4)nc3)c2n1. The Morgan fingerprint density at radius 2 is 1.81 bits per heavy atom. The Balaban J connectivity index is 1.42. The molecule has 0 amide bonds. The van der Waals surface area contributed by atoms with Gasteiger partial charge in [0.05, 0.1) is 36.2 Å². The Kier molecular flexibility index (Phi) is 3.87. The van der Waals surface area contributed by atoms with Crippen LogP contribution in [-0.4, -0.2) is 60.7 Å². The van der Waals surface area contributed by atoms with Gasteiger partial charge in [0, 0.05) is 50.3 Å². The maximum Gasteiger partial charge on any atom is 0.225 e. The van der Waals surface area contributed by atoms with Crippen molar-refractivity contribution in [1.29, 1.82) is 0 Å². The molecule has 1 aliphatic rings. The molecule has 0 aromatic carbocycles. The molecule has 1 aliphatic heterocycles. The molecule has 1 fully saturated rings. The van der Waals surface area contributed by atoms with E-state index in [9.17, 15) is 0 Å². The lowest BCUT2D eigenvalue weighted by Crippen LogP contribution is -2.44. The molecule has 0 aliphatic carbocycles. The molecule has 0 radical (unpaired) electrons. The second-order valence-electron chi connectivity index (χ2n) is 6.23. The predicted molar refractivity (Wildman–Crippen MR) is 101 cm³/mol. The minimum absolute atomic E-state index is 0.644. The van der Waals surface area contributed by atoms with E-state index in [-0.39, 0.29) is 0 Å². The van der Waals surface area contributed by atoms with Gasteiger partial charge in [0.1, 0.15) is 0 Å². The highest BCUT2D eigenvalue weighted by atomic mass is 15.3. The van der Waals surface area contributed by atoms with E-state index in [0.717, 1.165) is 54.7 Å². The standard InChI is InChI=1S/C17H18N10/c1-4-26(5-2-18-1)17-21-9-13(10-22-17)25-15-16-19-3-6-27(16)14(11-20-15)12-7-23-24-8-12/h3,6-11,18H,1-2,4-5H2,(H,20,25)(H,23,24). The van der Waals surface area contributed by atoms with Gasteiger partial charge < -0.3 is 15.5 Å². The van der Waals surface area contributed by atoms with Gasteiger partial charge in [-0.1, -0.05) is 0 Å². The van der Waals surface area contributed by atoms with Crippen LogP contribution in [0.15, 0.2) is 43.4 Å². The van der Waals surface area contributed by atoms with Gasteiger partial charge in [-0.2, -0.15) is 5.10 Å². The summed E-state index contributed by atoms with van der Waals surface area (Å²) in [6.45, 7) is 3.74. The molecule has 0 unspecified atom stereocenters. The molecule has 4 aromatic rings. The number of H-pyrrole nitrogens is 1. The fraction of sp³-hybridized carbons (Fsp3) is 0.235. The van der Waals surface area contributed by atoms with Crippen LogP contribution in [0.2, 0.25) is 0 Å². The van der Waals surface area contributed by atoms with Crippen molar-refractivity contribution in [2.75, 3.05) is 36.4 Å². The number of aromatic amines is 1. The zero-order valence-corrected chi connectivity index (χ0v) is 14.5. The number of anilines is 3.